The number of sulfone groups is 1. The zero-order valence-electron chi connectivity index (χ0n) is 18.4. The average molecular weight is 441 g/mol. The van der Waals surface area contributed by atoms with Crippen molar-refractivity contribution in [2.24, 2.45) is 4.99 Å². The van der Waals surface area contributed by atoms with Gasteiger partial charge in [0, 0.05) is 44.0 Å². The Hall–Kier alpha value is -1.84. The molecule has 170 valence electrons. The third-order valence-corrected chi connectivity index (χ3v) is 5.78. The van der Waals surface area contributed by atoms with E-state index in [0.717, 1.165) is 50.7 Å². The van der Waals surface area contributed by atoms with Crippen LogP contribution in [0.4, 0.5) is 0 Å². The number of rotatable bonds is 11. The van der Waals surface area contributed by atoms with Crippen molar-refractivity contribution in [3.63, 3.8) is 0 Å². The smallest absolute Gasteiger partial charge is 0.191 e. The lowest BCUT2D eigenvalue weighted by molar-refractivity contribution is 0.0322. The van der Waals surface area contributed by atoms with E-state index in [4.69, 9.17) is 9.47 Å². The van der Waals surface area contributed by atoms with Crippen LogP contribution in [0.25, 0.3) is 0 Å². The molecular formula is C21H36N4O4S. The van der Waals surface area contributed by atoms with Gasteiger partial charge < -0.3 is 20.1 Å². The van der Waals surface area contributed by atoms with Gasteiger partial charge in [0.1, 0.15) is 22.2 Å². The fourth-order valence-electron chi connectivity index (χ4n) is 3.07. The molecule has 0 aliphatic carbocycles. The fraction of sp³-hybridized carbons (Fsp3) is 0.667. The largest absolute Gasteiger partial charge is 0.492 e. The topological polar surface area (TPSA) is 92.3 Å². The lowest BCUT2D eigenvalue weighted by atomic mass is 10.2. The maximum Gasteiger partial charge on any atom is 0.191 e. The summed E-state index contributed by atoms with van der Waals surface area (Å²) < 4.78 is 34.2. The quantitative estimate of drug-likeness (QED) is 0.395. The van der Waals surface area contributed by atoms with E-state index in [9.17, 15) is 8.42 Å². The Kier molecular flexibility index (Phi) is 10.4. The normalized spacial score (nSPS) is 16.8. The molecule has 9 heteroatoms. The summed E-state index contributed by atoms with van der Waals surface area (Å²) in [6.45, 7) is 10.1. The molecule has 1 unspecified atom stereocenters. The fourth-order valence-corrected chi connectivity index (χ4v) is 3.85. The van der Waals surface area contributed by atoms with Gasteiger partial charge >= 0.3 is 0 Å². The van der Waals surface area contributed by atoms with Gasteiger partial charge in [0.05, 0.1) is 25.5 Å². The van der Waals surface area contributed by atoms with Crippen molar-refractivity contribution in [2.45, 2.75) is 32.9 Å². The molecule has 1 saturated heterocycles. The van der Waals surface area contributed by atoms with Gasteiger partial charge in [0.2, 0.25) is 0 Å². The van der Waals surface area contributed by atoms with E-state index in [1.807, 2.05) is 38.1 Å². The maximum atomic E-state index is 11.4. The van der Waals surface area contributed by atoms with Crippen molar-refractivity contribution in [3.8, 4) is 5.75 Å². The predicted octanol–water partition coefficient (Wildman–Crippen LogP) is 1.28. The SMILES string of the molecule is CCNC(=NCc1ccccc1OCCN1CCOCC1)NC(C)CCS(C)(=O)=O. The van der Waals surface area contributed by atoms with Crippen LogP contribution in [0.5, 0.6) is 5.75 Å². The molecule has 2 rings (SSSR count). The van der Waals surface area contributed by atoms with E-state index in [-0.39, 0.29) is 11.8 Å². The van der Waals surface area contributed by atoms with Crippen LogP contribution in [-0.4, -0.2) is 83.3 Å². The highest BCUT2D eigenvalue weighted by Crippen LogP contribution is 2.19. The van der Waals surface area contributed by atoms with Crippen LogP contribution in [0.3, 0.4) is 0 Å². The molecule has 0 radical (unpaired) electrons. The van der Waals surface area contributed by atoms with E-state index in [0.29, 0.717) is 25.5 Å². The van der Waals surface area contributed by atoms with Crippen LogP contribution in [0.2, 0.25) is 0 Å². The molecular weight excluding hydrogens is 404 g/mol. The summed E-state index contributed by atoms with van der Waals surface area (Å²) >= 11 is 0. The van der Waals surface area contributed by atoms with Crippen LogP contribution in [0.15, 0.2) is 29.3 Å². The minimum absolute atomic E-state index is 0.00228. The van der Waals surface area contributed by atoms with Crippen molar-refractivity contribution >= 4 is 15.8 Å². The molecule has 0 bridgehead atoms. The lowest BCUT2D eigenvalue weighted by Gasteiger charge is -2.26. The monoisotopic (exact) mass is 440 g/mol. The van der Waals surface area contributed by atoms with Crippen molar-refractivity contribution in [2.75, 3.05) is 58.0 Å². The van der Waals surface area contributed by atoms with Gasteiger partial charge in [-0.3, -0.25) is 4.90 Å². The van der Waals surface area contributed by atoms with E-state index in [2.05, 4.69) is 20.5 Å². The third-order valence-electron chi connectivity index (χ3n) is 4.80. The van der Waals surface area contributed by atoms with E-state index < -0.39 is 9.84 Å². The first-order chi connectivity index (χ1) is 14.4. The van der Waals surface area contributed by atoms with Gasteiger partial charge in [-0.1, -0.05) is 18.2 Å². The molecule has 8 nitrogen and oxygen atoms in total. The second-order valence-corrected chi connectivity index (χ2v) is 9.83. The van der Waals surface area contributed by atoms with Gasteiger partial charge in [-0.25, -0.2) is 13.4 Å². The number of morpholine rings is 1. The number of hydrogen-bond acceptors (Lipinski definition) is 6. The second-order valence-electron chi connectivity index (χ2n) is 7.57. The van der Waals surface area contributed by atoms with Gasteiger partial charge in [-0.15, -0.1) is 0 Å². The summed E-state index contributed by atoms with van der Waals surface area (Å²) in [5.41, 5.74) is 1.01. The average Bonchev–Trinajstić information content (AvgIpc) is 2.72. The number of nitrogens with one attached hydrogen (secondary N) is 2. The molecule has 30 heavy (non-hydrogen) atoms. The number of aliphatic imine (C=N–C) groups is 1. The van der Waals surface area contributed by atoms with Gasteiger partial charge in [0.25, 0.3) is 0 Å². The van der Waals surface area contributed by atoms with Crippen LogP contribution >= 0.6 is 0 Å². The number of para-hydroxylation sites is 1. The van der Waals surface area contributed by atoms with Crippen LogP contribution < -0.4 is 15.4 Å². The van der Waals surface area contributed by atoms with Crippen LogP contribution in [0.1, 0.15) is 25.8 Å². The van der Waals surface area contributed by atoms with E-state index in [1.165, 1.54) is 6.26 Å². The van der Waals surface area contributed by atoms with Crippen molar-refractivity contribution in [1.29, 1.82) is 0 Å². The Morgan fingerprint density at radius 2 is 2.03 bits per heavy atom. The summed E-state index contributed by atoms with van der Waals surface area (Å²) in [7, 11) is -2.97. The first kappa shape index (κ1) is 24.4. The van der Waals surface area contributed by atoms with Crippen LogP contribution in [-0.2, 0) is 21.1 Å². The zero-order chi connectivity index (χ0) is 21.8. The molecule has 1 aliphatic heterocycles. The second kappa shape index (κ2) is 12.8. The van der Waals surface area contributed by atoms with Crippen molar-refractivity contribution in [1.82, 2.24) is 15.5 Å². The van der Waals surface area contributed by atoms with Crippen LogP contribution in [0, 0.1) is 0 Å². The molecule has 0 amide bonds. The molecule has 1 aliphatic rings. The number of hydrogen-bond donors (Lipinski definition) is 2. The highest BCUT2D eigenvalue weighted by atomic mass is 32.2. The molecule has 1 atom stereocenters. The van der Waals surface area contributed by atoms with Gasteiger partial charge in [-0.05, 0) is 26.3 Å². The first-order valence-electron chi connectivity index (χ1n) is 10.6. The molecule has 0 aromatic heterocycles. The molecule has 1 fully saturated rings. The molecule has 1 aromatic carbocycles. The number of benzene rings is 1. The summed E-state index contributed by atoms with van der Waals surface area (Å²) in [6, 6.07) is 7.93. The Labute approximate surface area is 181 Å². The molecule has 2 N–H and O–H groups in total. The minimum atomic E-state index is -2.97. The number of ether oxygens (including phenoxy) is 2. The number of nitrogens with zero attached hydrogens (tertiary/aromatic N) is 2. The maximum absolute atomic E-state index is 11.4. The summed E-state index contributed by atoms with van der Waals surface area (Å²) in [5.74, 6) is 1.66. The van der Waals surface area contributed by atoms with E-state index in [1.54, 1.807) is 0 Å². The summed E-state index contributed by atoms with van der Waals surface area (Å²) in [4.78, 5) is 7.01. The Morgan fingerprint density at radius 1 is 1.30 bits per heavy atom. The van der Waals surface area contributed by atoms with E-state index >= 15 is 0 Å². The lowest BCUT2D eigenvalue weighted by Crippen LogP contribution is -2.42. The third kappa shape index (κ3) is 9.77. The minimum Gasteiger partial charge on any atom is -0.492 e. The molecule has 0 spiro atoms. The highest BCUT2D eigenvalue weighted by Gasteiger charge is 2.12. The predicted molar refractivity (Wildman–Crippen MR) is 121 cm³/mol. The van der Waals surface area contributed by atoms with Crippen molar-refractivity contribution < 1.29 is 17.9 Å². The molecule has 0 saturated carbocycles. The summed E-state index contributed by atoms with van der Waals surface area (Å²) in [6.07, 6.45) is 1.79. The number of guanidine groups is 1. The van der Waals surface area contributed by atoms with Gasteiger partial charge in [0.15, 0.2) is 5.96 Å². The standard InChI is InChI=1S/C21H36N4O4S/c1-4-22-21(24-18(2)9-16-30(3,26)27)23-17-19-7-5-6-8-20(19)29-15-12-25-10-13-28-14-11-25/h5-8,18H,4,9-17H2,1-3H3,(H2,22,23,24). The summed E-state index contributed by atoms with van der Waals surface area (Å²) in [5, 5.41) is 6.50. The van der Waals surface area contributed by atoms with Crippen molar-refractivity contribution in [3.05, 3.63) is 29.8 Å². The Morgan fingerprint density at radius 3 is 2.73 bits per heavy atom. The Bertz CT molecular complexity index is 764. The first-order valence-corrected chi connectivity index (χ1v) is 12.7. The van der Waals surface area contributed by atoms with Gasteiger partial charge in [-0.2, -0.15) is 0 Å². The highest BCUT2D eigenvalue weighted by molar-refractivity contribution is 7.90. The molecule has 1 heterocycles. The molecule has 1 aromatic rings. The Balaban J connectivity index is 1.90. The zero-order valence-corrected chi connectivity index (χ0v) is 19.2.